The van der Waals surface area contributed by atoms with E-state index in [1.807, 2.05) is 30.3 Å². The van der Waals surface area contributed by atoms with E-state index >= 15 is 0 Å². The summed E-state index contributed by atoms with van der Waals surface area (Å²) in [6.07, 6.45) is -4.35. The molecule has 0 radical (unpaired) electrons. The first-order valence-electron chi connectivity index (χ1n) is 10.6. The van der Waals surface area contributed by atoms with Crippen LogP contribution >= 0.6 is 0 Å². The number of nitrogens with one attached hydrogen (secondary N) is 2. The summed E-state index contributed by atoms with van der Waals surface area (Å²) in [4.78, 5) is 12.3. The lowest BCUT2D eigenvalue weighted by molar-refractivity contribution is -0.387. The monoisotopic (exact) mass is 519 g/mol. The number of benzene rings is 3. The molecule has 1 heterocycles. The molecule has 0 aliphatic carbocycles. The molecule has 12 heteroatoms. The predicted octanol–water partition coefficient (Wildman–Crippen LogP) is 5.11. The zero-order chi connectivity index (χ0) is 25.9. The summed E-state index contributed by atoms with van der Waals surface area (Å²) in [6.45, 7) is 0.257. The number of alkyl halides is 3. The number of H-pyrrole nitrogens is 1. The molecule has 0 saturated heterocycles. The Bertz CT molecular complexity index is 1490. The van der Waals surface area contributed by atoms with E-state index < -0.39 is 44.2 Å². The second-order valence-electron chi connectivity index (χ2n) is 7.94. The van der Waals surface area contributed by atoms with Gasteiger partial charge in [0.15, 0.2) is 4.90 Å². The van der Waals surface area contributed by atoms with E-state index in [0.29, 0.717) is 16.7 Å². The molecule has 8 nitrogen and oxygen atoms in total. The SMILES string of the molecule is O=[N+]([O-])c1ccccc1S(=O)(=O)NC(Cc1c[nH]c2ccc(OCc3ccccc3)cc12)C(F)(F)F. The first-order valence-corrected chi connectivity index (χ1v) is 12.1. The second kappa shape index (κ2) is 9.99. The lowest BCUT2D eigenvalue weighted by Crippen LogP contribution is -2.46. The van der Waals surface area contributed by atoms with E-state index in [2.05, 4.69) is 4.98 Å². The van der Waals surface area contributed by atoms with Gasteiger partial charge in [0.2, 0.25) is 10.0 Å². The molecule has 0 aliphatic heterocycles. The molecule has 2 N–H and O–H groups in total. The number of ether oxygens (including phenoxy) is 1. The Labute approximate surface area is 203 Å². The first-order chi connectivity index (χ1) is 17.0. The van der Waals surface area contributed by atoms with Crippen molar-refractivity contribution in [2.75, 3.05) is 0 Å². The number of para-hydroxylation sites is 1. The second-order valence-corrected chi connectivity index (χ2v) is 9.62. The largest absolute Gasteiger partial charge is 0.489 e. The third-order valence-electron chi connectivity index (χ3n) is 5.46. The van der Waals surface area contributed by atoms with E-state index in [1.54, 1.807) is 22.9 Å². The molecule has 4 rings (SSSR count). The number of sulfonamides is 1. The Hall–Kier alpha value is -3.90. The van der Waals surface area contributed by atoms with Crippen molar-refractivity contribution in [3.05, 3.63) is 100 Å². The van der Waals surface area contributed by atoms with E-state index in [-0.39, 0.29) is 12.2 Å². The number of aromatic amines is 1. The average Bonchev–Trinajstić information content (AvgIpc) is 3.24. The van der Waals surface area contributed by atoms with Gasteiger partial charge in [-0.05, 0) is 41.8 Å². The standard InChI is InChI=1S/C24H20F3N3O5S/c25-24(26,27)23(29-36(33,34)22-9-5-4-8-21(22)30(31)32)12-17-14-28-20-11-10-18(13-19(17)20)35-15-16-6-2-1-3-7-16/h1-11,13-14,23,28-29H,12,15H2. The topological polar surface area (TPSA) is 114 Å². The molecule has 0 saturated carbocycles. The van der Waals surface area contributed by atoms with Crippen molar-refractivity contribution in [1.82, 2.24) is 9.71 Å². The average molecular weight is 520 g/mol. The van der Waals surface area contributed by atoms with Crippen LogP contribution in [0.1, 0.15) is 11.1 Å². The number of halogens is 3. The molecule has 4 aromatic rings. The van der Waals surface area contributed by atoms with Crippen LogP contribution in [0, 0.1) is 10.1 Å². The van der Waals surface area contributed by atoms with E-state index in [1.165, 1.54) is 18.3 Å². The summed E-state index contributed by atoms with van der Waals surface area (Å²) < 4.78 is 74.6. The van der Waals surface area contributed by atoms with Crippen LogP contribution in [0.2, 0.25) is 0 Å². The highest BCUT2D eigenvalue weighted by Gasteiger charge is 2.43. The van der Waals surface area contributed by atoms with E-state index in [9.17, 15) is 31.7 Å². The first kappa shape index (κ1) is 25.2. The van der Waals surface area contributed by atoms with Gasteiger partial charge in [-0.15, -0.1) is 0 Å². The summed E-state index contributed by atoms with van der Waals surface area (Å²) in [5.74, 6) is 0.427. The maximum Gasteiger partial charge on any atom is 0.405 e. The van der Waals surface area contributed by atoms with Crippen LogP contribution < -0.4 is 9.46 Å². The highest BCUT2D eigenvalue weighted by atomic mass is 32.2. The van der Waals surface area contributed by atoms with Crippen molar-refractivity contribution in [2.24, 2.45) is 0 Å². The van der Waals surface area contributed by atoms with Gasteiger partial charge >= 0.3 is 6.18 Å². The number of hydrogen-bond acceptors (Lipinski definition) is 5. The molecule has 0 spiro atoms. The smallest absolute Gasteiger partial charge is 0.405 e. The Balaban J connectivity index is 1.60. The van der Waals surface area contributed by atoms with Gasteiger partial charge in [0.1, 0.15) is 18.4 Å². The van der Waals surface area contributed by atoms with E-state index in [0.717, 1.165) is 17.7 Å². The zero-order valence-corrected chi connectivity index (χ0v) is 19.3. The van der Waals surface area contributed by atoms with Crippen LogP contribution in [0.5, 0.6) is 5.75 Å². The van der Waals surface area contributed by atoms with Crippen molar-refractivity contribution < 1.29 is 31.2 Å². The number of nitrogens with zero attached hydrogens (tertiary/aromatic N) is 1. The number of hydrogen-bond donors (Lipinski definition) is 2. The molecule has 0 aliphatic rings. The summed E-state index contributed by atoms with van der Waals surface area (Å²) in [7, 11) is -4.87. The Morgan fingerprint density at radius 1 is 1.03 bits per heavy atom. The quantitative estimate of drug-likeness (QED) is 0.236. The Morgan fingerprint density at radius 3 is 2.42 bits per heavy atom. The van der Waals surface area contributed by atoms with Crippen molar-refractivity contribution in [2.45, 2.75) is 30.1 Å². The van der Waals surface area contributed by atoms with Crippen molar-refractivity contribution in [3.63, 3.8) is 0 Å². The maximum atomic E-state index is 13.9. The minimum absolute atomic E-state index is 0.197. The summed E-state index contributed by atoms with van der Waals surface area (Å²) in [5.41, 5.74) is 0.828. The summed E-state index contributed by atoms with van der Waals surface area (Å²) in [6, 6.07) is 15.9. The van der Waals surface area contributed by atoms with Gasteiger partial charge in [0, 0.05) is 23.2 Å². The van der Waals surface area contributed by atoms with Crippen LogP contribution in [0.4, 0.5) is 18.9 Å². The van der Waals surface area contributed by atoms with Gasteiger partial charge in [0.05, 0.1) is 4.92 Å². The molecule has 0 fully saturated rings. The number of fused-ring (bicyclic) bond motifs is 1. The summed E-state index contributed by atoms with van der Waals surface area (Å²) >= 11 is 0. The molecule has 188 valence electrons. The van der Waals surface area contributed by atoms with Crippen LogP contribution in [-0.2, 0) is 23.1 Å². The van der Waals surface area contributed by atoms with Crippen LogP contribution in [-0.4, -0.2) is 30.5 Å². The lowest BCUT2D eigenvalue weighted by Gasteiger charge is -2.21. The Kier molecular flexibility index (Phi) is 7.00. The number of aromatic nitrogens is 1. The van der Waals surface area contributed by atoms with Gasteiger partial charge in [-0.2, -0.15) is 17.9 Å². The fourth-order valence-corrected chi connectivity index (χ4v) is 5.08. The van der Waals surface area contributed by atoms with Crippen molar-refractivity contribution in [3.8, 4) is 5.75 Å². The van der Waals surface area contributed by atoms with Crippen LogP contribution in [0.15, 0.2) is 83.9 Å². The fourth-order valence-electron chi connectivity index (χ4n) is 3.69. The molecule has 1 atom stereocenters. The van der Waals surface area contributed by atoms with Gasteiger partial charge in [-0.1, -0.05) is 42.5 Å². The minimum atomic E-state index is -4.97. The molecular weight excluding hydrogens is 499 g/mol. The molecule has 1 unspecified atom stereocenters. The van der Waals surface area contributed by atoms with Gasteiger partial charge in [-0.25, -0.2) is 8.42 Å². The maximum absolute atomic E-state index is 13.9. The van der Waals surface area contributed by atoms with E-state index in [4.69, 9.17) is 4.74 Å². The normalized spacial score (nSPS) is 13.0. The predicted molar refractivity (Wildman–Crippen MR) is 126 cm³/mol. The van der Waals surface area contributed by atoms with Gasteiger partial charge < -0.3 is 9.72 Å². The molecule has 1 aromatic heterocycles. The third-order valence-corrected chi connectivity index (χ3v) is 6.97. The molecule has 36 heavy (non-hydrogen) atoms. The molecule has 0 amide bonds. The number of nitro groups is 1. The third kappa shape index (κ3) is 5.66. The molecular formula is C24H20F3N3O5S. The minimum Gasteiger partial charge on any atom is -0.489 e. The van der Waals surface area contributed by atoms with Gasteiger partial charge in [0.25, 0.3) is 5.69 Å². The van der Waals surface area contributed by atoms with Crippen LogP contribution in [0.3, 0.4) is 0 Å². The Morgan fingerprint density at radius 2 is 1.72 bits per heavy atom. The zero-order valence-electron chi connectivity index (χ0n) is 18.5. The lowest BCUT2D eigenvalue weighted by atomic mass is 10.1. The number of rotatable bonds is 9. The highest BCUT2D eigenvalue weighted by Crippen LogP contribution is 2.31. The van der Waals surface area contributed by atoms with Crippen molar-refractivity contribution >= 4 is 26.6 Å². The van der Waals surface area contributed by atoms with Gasteiger partial charge in [-0.3, -0.25) is 10.1 Å². The molecule has 3 aromatic carbocycles. The fraction of sp³-hybridized carbons (Fsp3) is 0.167. The summed E-state index contributed by atoms with van der Waals surface area (Å²) in [5, 5.41) is 11.6. The van der Waals surface area contributed by atoms with Crippen LogP contribution in [0.25, 0.3) is 10.9 Å². The van der Waals surface area contributed by atoms with Crippen molar-refractivity contribution in [1.29, 1.82) is 0 Å². The number of nitro benzene ring substituents is 1. The highest BCUT2D eigenvalue weighted by molar-refractivity contribution is 7.89. The molecule has 0 bridgehead atoms.